The van der Waals surface area contributed by atoms with Crippen molar-refractivity contribution in [3.63, 3.8) is 0 Å². The van der Waals surface area contributed by atoms with Crippen LogP contribution in [0.1, 0.15) is 25.0 Å². The number of halogens is 2. The third-order valence-electron chi connectivity index (χ3n) is 6.65. The van der Waals surface area contributed by atoms with E-state index in [1.54, 1.807) is 42.5 Å². The first-order chi connectivity index (χ1) is 20.5. The van der Waals surface area contributed by atoms with Gasteiger partial charge in [0.1, 0.15) is 12.6 Å². The normalized spacial score (nSPS) is 12.0. The second-order valence-corrected chi connectivity index (χ2v) is 14.0. The molecule has 0 radical (unpaired) electrons. The SMILES string of the molecule is CC(C)NC(=O)C(Cc1ccccc1)N(Cc1cccc(Br)c1)C(=O)CN(c1cccc(Br)c1)S(=O)(=O)c1ccccc1. The van der Waals surface area contributed by atoms with Crippen molar-refractivity contribution in [2.45, 2.75) is 43.8 Å². The van der Waals surface area contributed by atoms with E-state index in [1.165, 1.54) is 17.0 Å². The lowest BCUT2D eigenvalue weighted by molar-refractivity contribution is -0.140. The Morgan fingerprint density at radius 2 is 1.35 bits per heavy atom. The van der Waals surface area contributed by atoms with Gasteiger partial charge < -0.3 is 10.2 Å². The van der Waals surface area contributed by atoms with Crippen LogP contribution in [-0.4, -0.2) is 43.8 Å². The smallest absolute Gasteiger partial charge is 0.264 e. The summed E-state index contributed by atoms with van der Waals surface area (Å²) >= 11 is 6.92. The Labute approximate surface area is 270 Å². The molecule has 0 spiro atoms. The summed E-state index contributed by atoms with van der Waals surface area (Å²) in [6, 6.07) is 30.7. The highest BCUT2D eigenvalue weighted by Crippen LogP contribution is 2.27. The molecule has 4 aromatic rings. The molecule has 1 N–H and O–H groups in total. The molecule has 2 amide bonds. The fourth-order valence-electron chi connectivity index (χ4n) is 4.65. The van der Waals surface area contributed by atoms with Gasteiger partial charge in [0.15, 0.2) is 0 Å². The highest BCUT2D eigenvalue weighted by Gasteiger charge is 2.34. The third-order valence-corrected chi connectivity index (χ3v) is 9.42. The number of benzene rings is 4. The maximum atomic E-state index is 14.4. The van der Waals surface area contributed by atoms with Crippen molar-refractivity contribution < 1.29 is 18.0 Å². The predicted octanol–water partition coefficient (Wildman–Crippen LogP) is 6.57. The van der Waals surface area contributed by atoms with Crippen LogP contribution < -0.4 is 9.62 Å². The van der Waals surface area contributed by atoms with Crippen molar-refractivity contribution in [3.8, 4) is 0 Å². The number of carbonyl (C=O) groups is 2. The minimum atomic E-state index is -4.15. The zero-order chi connectivity index (χ0) is 31.0. The summed E-state index contributed by atoms with van der Waals surface area (Å²) in [5.41, 5.74) is 1.98. The zero-order valence-electron chi connectivity index (χ0n) is 23.9. The fourth-order valence-corrected chi connectivity index (χ4v) is 6.91. The van der Waals surface area contributed by atoms with Gasteiger partial charge in [-0.1, -0.05) is 98.6 Å². The molecule has 0 aliphatic heterocycles. The molecule has 0 aliphatic rings. The lowest BCUT2D eigenvalue weighted by Crippen LogP contribution is -2.54. The summed E-state index contributed by atoms with van der Waals surface area (Å²) in [5, 5.41) is 2.96. The van der Waals surface area contributed by atoms with Gasteiger partial charge in [-0.05, 0) is 67.4 Å². The number of sulfonamides is 1. The number of rotatable bonds is 12. The van der Waals surface area contributed by atoms with Crippen molar-refractivity contribution in [2.75, 3.05) is 10.8 Å². The number of nitrogens with one attached hydrogen (secondary N) is 1. The topological polar surface area (TPSA) is 86.8 Å². The quantitative estimate of drug-likeness (QED) is 0.179. The molecule has 0 aliphatic carbocycles. The maximum absolute atomic E-state index is 14.4. The standard InChI is InChI=1S/C33H33Br2N3O4S/c1-24(2)36-33(40)31(20-25-11-5-3-6-12-25)37(22-26-13-9-14-27(34)19-26)32(39)23-38(29-16-10-15-28(35)21-29)43(41,42)30-17-7-4-8-18-30/h3-19,21,24,31H,20,22-23H2,1-2H3,(H,36,40). The van der Waals surface area contributed by atoms with E-state index in [0.29, 0.717) is 10.2 Å². The Bertz CT molecular complexity index is 1650. The second kappa shape index (κ2) is 14.8. The number of hydrogen-bond donors (Lipinski definition) is 1. The Morgan fingerprint density at radius 1 is 0.767 bits per heavy atom. The second-order valence-electron chi connectivity index (χ2n) is 10.3. The van der Waals surface area contributed by atoms with Crippen LogP contribution in [-0.2, 0) is 32.6 Å². The first-order valence-corrected chi connectivity index (χ1v) is 16.8. The number of amides is 2. The van der Waals surface area contributed by atoms with Crippen LogP contribution in [0.5, 0.6) is 0 Å². The van der Waals surface area contributed by atoms with Crippen LogP contribution >= 0.6 is 31.9 Å². The van der Waals surface area contributed by atoms with E-state index >= 15 is 0 Å². The molecule has 4 rings (SSSR count). The van der Waals surface area contributed by atoms with Crippen LogP contribution in [0, 0.1) is 0 Å². The van der Waals surface area contributed by atoms with Crippen LogP contribution in [0.15, 0.2) is 123 Å². The largest absolute Gasteiger partial charge is 0.352 e. The molecule has 0 saturated heterocycles. The molecule has 1 unspecified atom stereocenters. The van der Waals surface area contributed by atoms with Gasteiger partial charge in [-0.2, -0.15) is 0 Å². The fraction of sp³-hybridized carbons (Fsp3) is 0.212. The van der Waals surface area contributed by atoms with Crippen molar-refractivity contribution in [1.82, 2.24) is 10.2 Å². The lowest BCUT2D eigenvalue weighted by Gasteiger charge is -2.34. The van der Waals surface area contributed by atoms with Crippen molar-refractivity contribution in [3.05, 3.63) is 129 Å². The van der Waals surface area contributed by atoms with Crippen molar-refractivity contribution in [1.29, 1.82) is 0 Å². The average Bonchev–Trinajstić information content (AvgIpc) is 2.98. The molecule has 0 bridgehead atoms. The Kier molecular flexibility index (Phi) is 11.2. The van der Waals surface area contributed by atoms with Gasteiger partial charge in [-0.15, -0.1) is 0 Å². The molecule has 0 saturated carbocycles. The Morgan fingerprint density at radius 3 is 1.95 bits per heavy atom. The molecular weight excluding hydrogens is 694 g/mol. The molecule has 4 aromatic carbocycles. The minimum Gasteiger partial charge on any atom is -0.352 e. The van der Waals surface area contributed by atoms with Crippen LogP contribution in [0.4, 0.5) is 5.69 Å². The summed E-state index contributed by atoms with van der Waals surface area (Å²) in [7, 11) is -4.15. The molecular formula is C33H33Br2N3O4S. The van der Waals surface area contributed by atoms with Crippen molar-refractivity contribution >= 4 is 59.4 Å². The first kappa shape index (κ1) is 32.4. The van der Waals surface area contributed by atoms with Gasteiger partial charge in [-0.25, -0.2) is 8.42 Å². The zero-order valence-corrected chi connectivity index (χ0v) is 27.8. The van der Waals surface area contributed by atoms with Crippen LogP contribution in [0.2, 0.25) is 0 Å². The predicted molar refractivity (Wildman–Crippen MR) is 177 cm³/mol. The summed E-state index contributed by atoms with van der Waals surface area (Å²) in [5.74, 6) is -0.832. The average molecular weight is 728 g/mol. The first-order valence-electron chi connectivity index (χ1n) is 13.8. The van der Waals surface area contributed by atoms with Gasteiger partial charge in [0, 0.05) is 28.0 Å². The number of hydrogen-bond acceptors (Lipinski definition) is 4. The summed E-state index contributed by atoms with van der Waals surface area (Å²) in [4.78, 5) is 29.7. The molecule has 10 heteroatoms. The van der Waals surface area contributed by atoms with E-state index in [0.717, 1.165) is 19.9 Å². The van der Waals surface area contributed by atoms with E-state index in [1.807, 2.05) is 68.4 Å². The number of anilines is 1. The van der Waals surface area contributed by atoms with Crippen LogP contribution in [0.3, 0.4) is 0 Å². The van der Waals surface area contributed by atoms with Crippen molar-refractivity contribution in [2.24, 2.45) is 0 Å². The molecule has 0 heterocycles. The van der Waals surface area contributed by atoms with E-state index < -0.39 is 28.5 Å². The van der Waals surface area contributed by atoms with Gasteiger partial charge in [-0.3, -0.25) is 13.9 Å². The summed E-state index contributed by atoms with van der Waals surface area (Å²) in [6.07, 6.45) is 0.251. The summed E-state index contributed by atoms with van der Waals surface area (Å²) in [6.45, 7) is 3.31. The van der Waals surface area contributed by atoms with Gasteiger partial charge in [0.25, 0.3) is 10.0 Å². The van der Waals surface area contributed by atoms with E-state index in [2.05, 4.69) is 37.2 Å². The maximum Gasteiger partial charge on any atom is 0.264 e. The highest BCUT2D eigenvalue weighted by atomic mass is 79.9. The lowest BCUT2D eigenvalue weighted by atomic mass is 10.0. The number of nitrogens with zero attached hydrogens (tertiary/aromatic N) is 2. The van der Waals surface area contributed by atoms with Gasteiger partial charge in [0.05, 0.1) is 10.6 Å². The molecule has 43 heavy (non-hydrogen) atoms. The van der Waals surface area contributed by atoms with Gasteiger partial charge >= 0.3 is 0 Å². The Hall–Kier alpha value is -3.47. The minimum absolute atomic E-state index is 0.0553. The summed E-state index contributed by atoms with van der Waals surface area (Å²) < 4.78 is 30.6. The molecule has 1 atom stereocenters. The van der Waals surface area contributed by atoms with Crippen LogP contribution in [0.25, 0.3) is 0 Å². The third kappa shape index (κ3) is 8.78. The Balaban J connectivity index is 1.80. The highest BCUT2D eigenvalue weighted by molar-refractivity contribution is 9.10. The van der Waals surface area contributed by atoms with E-state index in [9.17, 15) is 18.0 Å². The number of carbonyl (C=O) groups excluding carboxylic acids is 2. The van der Waals surface area contributed by atoms with E-state index in [4.69, 9.17) is 0 Å². The van der Waals surface area contributed by atoms with Gasteiger partial charge in [0.2, 0.25) is 11.8 Å². The molecule has 0 fully saturated rings. The van der Waals surface area contributed by atoms with E-state index in [-0.39, 0.29) is 29.8 Å². The molecule has 7 nitrogen and oxygen atoms in total. The monoisotopic (exact) mass is 725 g/mol. The molecule has 224 valence electrons. The molecule has 0 aromatic heterocycles.